The molecule has 0 aliphatic heterocycles. The average Bonchev–Trinajstić information content (AvgIpc) is 2.95. The van der Waals surface area contributed by atoms with E-state index in [4.69, 9.17) is 5.73 Å². The van der Waals surface area contributed by atoms with Gasteiger partial charge in [0.15, 0.2) is 0 Å². The lowest BCUT2D eigenvalue weighted by atomic mass is 9.98. The van der Waals surface area contributed by atoms with Gasteiger partial charge >= 0.3 is 0 Å². The summed E-state index contributed by atoms with van der Waals surface area (Å²) in [6.45, 7) is 4.73. The van der Waals surface area contributed by atoms with E-state index in [1.54, 1.807) is 11.3 Å². The molecule has 0 radical (unpaired) electrons. The molecule has 1 saturated carbocycles. The molecule has 1 aliphatic carbocycles. The highest BCUT2D eigenvalue weighted by Crippen LogP contribution is 2.27. The van der Waals surface area contributed by atoms with Crippen LogP contribution in [0, 0.1) is 0 Å². The van der Waals surface area contributed by atoms with Gasteiger partial charge in [0, 0.05) is 5.38 Å². The predicted octanol–water partition coefficient (Wildman–Crippen LogP) is 3.00. The molecule has 1 aliphatic rings. The Balaban J connectivity index is 0.00000180. The topological polar surface area (TPSA) is 68.0 Å². The third-order valence-electron chi connectivity index (χ3n) is 3.51. The summed E-state index contributed by atoms with van der Waals surface area (Å²) in [5.41, 5.74) is 6.54. The summed E-state index contributed by atoms with van der Waals surface area (Å²) in [7, 11) is 0. The summed E-state index contributed by atoms with van der Waals surface area (Å²) in [5, 5.41) is 5.93. The van der Waals surface area contributed by atoms with Crippen molar-refractivity contribution in [3.8, 4) is 0 Å². The van der Waals surface area contributed by atoms with Gasteiger partial charge < -0.3 is 11.1 Å². The molecule has 1 heterocycles. The third kappa shape index (κ3) is 4.58. The maximum Gasteiger partial charge on any atom is 0.240 e. The van der Waals surface area contributed by atoms with Crippen LogP contribution in [-0.2, 0) is 11.3 Å². The second-order valence-corrected chi connectivity index (χ2v) is 6.31. The number of halogens is 2. The van der Waals surface area contributed by atoms with Gasteiger partial charge in [0.1, 0.15) is 5.01 Å². The molecule has 3 N–H and O–H groups in total. The van der Waals surface area contributed by atoms with Gasteiger partial charge in [0.25, 0.3) is 0 Å². The molecule has 4 nitrogen and oxygen atoms in total. The first-order valence-corrected chi connectivity index (χ1v) is 7.41. The Labute approximate surface area is 136 Å². The van der Waals surface area contributed by atoms with E-state index in [0.29, 0.717) is 12.5 Å². The highest BCUT2D eigenvalue weighted by atomic mass is 35.5. The molecule has 1 fully saturated rings. The van der Waals surface area contributed by atoms with Crippen LogP contribution in [0.1, 0.15) is 56.2 Å². The summed E-state index contributed by atoms with van der Waals surface area (Å²) in [6, 6.07) is 0. The van der Waals surface area contributed by atoms with Gasteiger partial charge in [-0.25, -0.2) is 4.98 Å². The Morgan fingerprint density at radius 2 is 2.05 bits per heavy atom. The molecule has 0 unspecified atom stereocenters. The Morgan fingerprint density at radius 1 is 1.45 bits per heavy atom. The zero-order valence-electron chi connectivity index (χ0n) is 11.8. The minimum Gasteiger partial charge on any atom is -0.348 e. The van der Waals surface area contributed by atoms with Crippen LogP contribution in [0.2, 0.25) is 0 Å². The van der Waals surface area contributed by atoms with Crippen LogP contribution in [0.4, 0.5) is 0 Å². The summed E-state index contributed by atoms with van der Waals surface area (Å²) < 4.78 is 0. The highest BCUT2D eigenvalue weighted by Gasteiger charge is 2.36. The van der Waals surface area contributed by atoms with Crippen molar-refractivity contribution in [1.29, 1.82) is 0 Å². The number of carbonyl (C=O) groups excluding carboxylic acids is 1. The van der Waals surface area contributed by atoms with Crippen LogP contribution in [0.5, 0.6) is 0 Å². The number of thiazole rings is 1. The zero-order valence-corrected chi connectivity index (χ0v) is 14.3. The van der Waals surface area contributed by atoms with Gasteiger partial charge in [-0.3, -0.25) is 4.79 Å². The smallest absolute Gasteiger partial charge is 0.240 e. The number of nitrogens with one attached hydrogen (secondary N) is 1. The van der Waals surface area contributed by atoms with Crippen molar-refractivity contribution in [3.05, 3.63) is 16.1 Å². The number of nitrogens with zero attached hydrogens (tertiary/aromatic N) is 1. The van der Waals surface area contributed by atoms with Crippen molar-refractivity contribution in [3.63, 3.8) is 0 Å². The van der Waals surface area contributed by atoms with E-state index < -0.39 is 5.54 Å². The minimum atomic E-state index is -0.641. The summed E-state index contributed by atoms with van der Waals surface area (Å²) in [4.78, 5) is 16.5. The highest BCUT2D eigenvalue weighted by molar-refractivity contribution is 7.09. The van der Waals surface area contributed by atoms with Crippen LogP contribution in [0.25, 0.3) is 0 Å². The second kappa shape index (κ2) is 8.17. The first-order chi connectivity index (χ1) is 8.51. The van der Waals surface area contributed by atoms with Crippen LogP contribution < -0.4 is 11.1 Å². The van der Waals surface area contributed by atoms with Crippen molar-refractivity contribution in [1.82, 2.24) is 10.3 Å². The molecule has 20 heavy (non-hydrogen) atoms. The van der Waals surface area contributed by atoms with E-state index >= 15 is 0 Å². The number of aromatic nitrogens is 1. The fourth-order valence-corrected chi connectivity index (χ4v) is 3.13. The van der Waals surface area contributed by atoms with Crippen molar-refractivity contribution < 1.29 is 4.79 Å². The molecule has 7 heteroatoms. The first kappa shape index (κ1) is 19.6. The van der Waals surface area contributed by atoms with E-state index in [2.05, 4.69) is 29.5 Å². The Bertz CT molecular complexity index is 431. The van der Waals surface area contributed by atoms with Gasteiger partial charge in [-0.1, -0.05) is 26.7 Å². The molecule has 1 aromatic heterocycles. The molecule has 0 atom stereocenters. The minimum absolute atomic E-state index is 0. The molecule has 1 aromatic rings. The molecule has 1 amide bonds. The quantitative estimate of drug-likeness (QED) is 0.885. The summed E-state index contributed by atoms with van der Waals surface area (Å²) in [6.07, 6.45) is 3.71. The zero-order chi connectivity index (χ0) is 13.2. The van der Waals surface area contributed by atoms with Crippen molar-refractivity contribution in [2.75, 3.05) is 0 Å². The van der Waals surface area contributed by atoms with Gasteiger partial charge in [-0.2, -0.15) is 0 Å². The van der Waals surface area contributed by atoms with Gasteiger partial charge in [0.05, 0.1) is 17.8 Å². The van der Waals surface area contributed by atoms with E-state index in [1.165, 1.54) is 0 Å². The lowest BCUT2D eigenvalue weighted by Gasteiger charge is -2.21. The largest absolute Gasteiger partial charge is 0.348 e. The average molecular weight is 340 g/mol. The van der Waals surface area contributed by atoms with Crippen LogP contribution in [0.15, 0.2) is 5.38 Å². The van der Waals surface area contributed by atoms with Crippen molar-refractivity contribution in [2.24, 2.45) is 5.73 Å². The molecule has 0 spiro atoms. The molecule has 116 valence electrons. The first-order valence-electron chi connectivity index (χ1n) is 6.53. The van der Waals surface area contributed by atoms with E-state index in [-0.39, 0.29) is 30.7 Å². The van der Waals surface area contributed by atoms with E-state index in [9.17, 15) is 4.79 Å². The number of amides is 1. The molecule has 0 bridgehead atoms. The molecule has 0 saturated heterocycles. The molecule has 2 rings (SSSR count). The fraction of sp³-hybridized carbons (Fsp3) is 0.692. The van der Waals surface area contributed by atoms with Gasteiger partial charge in [-0.15, -0.1) is 36.2 Å². The number of hydrogen-bond donors (Lipinski definition) is 2. The van der Waals surface area contributed by atoms with E-state index in [0.717, 1.165) is 36.4 Å². The second-order valence-electron chi connectivity index (χ2n) is 5.37. The van der Waals surface area contributed by atoms with E-state index in [1.807, 2.05) is 0 Å². The lowest BCUT2D eigenvalue weighted by Crippen LogP contribution is -2.51. The Morgan fingerprint density at radius 3 is 2.55 bits per heavy atom. The number of hydrogen-bond acceptors (Lipinski definition) is 4. The maximum atomic E-state index is 12.0. The summed E-state index contributed by atoms with van der Waals surface area (Å²) in [5.74, 6) is 0.405. The standard InChI is InChI=1S/C13H21N3OS.2ClH/c1-9(2)10-8-18-11(16-10)7-15-12(17)13(14)5-3-4-6-13;;/h8-9H,3-7,14H2,1-2H3,(H,15,17);2*1H. The normalized spacial score (nSPS) is 16.4. The molecular formula is C13H23Cl2N3OS. The molecular weight excluding hydrogens is 317 g/mol. The maximum absolute atomic E-state index is 12.0. The SMILES string of the molecule is CC(C)c1csc(CNC(=O)C2(N)CCCC2)n1.Cl.Cl. The predicted molar refractivity (Wildman–Crippen MR) is 87.9 cm³/mol. The third-order valence-corrected chi connectivity index (χ3v) is 4.38. The molecule has 0 aromatic carbocycles. The summed E-state index contributed by atoms with van der Waals surface area (Å²) >= 11 is 1.59. The van der Waals surface area contributed by atoms with Crippen molar-refractivity contribution in [2.45, 2.75) is 57.5 Å². The lowest BCUT2D eigenvalue weighted by molar-refractivity contribution is -0.126. The number of rotatable bonds is 4. The fourth-order valence-electron chi connectivity index (χ4n) is 2.24. The van der Waals surface area contributed by atoms with Crippen molar-refractivity contribution >= 4 is 42.1 Å². The van der Waals surface area contributed by atoms with Crippen LogP contribution in [0.3, 0.4) is 0 Å². The monoisotopic (exact) mass is 339 g/mol. The van der Waals surface area contributed by atoms with Crippen LogP contribution in [-0.4, -0.2) is 16.4 Å². The Hall–Kier alpha value is -0.360. The number of carbonyl (C=O) groups is 1. The van der Waals surface area contributed by atoms with Gasteiger partial charge in [0.2, 0.25) is 5.91 Å². The van der Waals surface area contributed by atoms with Crippen LogP contribution >= 0.6 is 36.2 Å². The van der Waals surface area contributed by atoms with Gasteiger partial charge in [-0.05, 0) is 18.8 Å². The number of nitrogens with two attached hydrogens (primary N) is 1. The Kier molecular flexibility index (Phi) is 8.03.